The van der Waals surface area contributed by atoms with E-state index in [-0.39, 0.29) is 36.8 Å². The maximum absolute atomic E-state index is 14.6. The second-order valence-corrected chi connectivity index (χ2v) is 8.80. The van der Waals surface area contributed by atoms with Gasteiger partial charge in [-0.25, -0.2) is 22.8 Å². The molecule has 8 nitrogen and oxygen atoms in total. The van der Waals surface area contributed by atoms with Crippen LogP contribution in [-0.2, 0) is 16.1 Å². The summed E-state index contributed by atoms with van der Waals surface area (Å²) in [5, 5.41) is 14.1. The van der Waals surface area contributed by atoms with Gasteiger partial charge in [0.2, 0.25) is 5.91 Å². The van der Waals surface area contributed by atoms with E-state index in [1.165, 1.54) is 34.9 Å². The number of carbonyl (C=O) groups excluding carboxylic acids is 1. The minimum atomic E-state index is -1.07. The maximum Gasteiger partial charge on any atom is 0.249 e. The summed E-state index contributed by atoms with van der Waals surface area (Å²) >= 11 is 0. The van der Waals surface area contributed by atoms with E-state index in [0.717, 1.165) is 18.2 Å². The molecule has 3 N–H and O–H groups in total. The van der Waals surface area contributed by atoms with Gasteiger partial charge in [0.05, 0.1) is 24.9 Å². The van der Waals surface area contributed by atoms with Gasteiger partial charge in [0, 0.05) is 13.7 Å². The molecular formula is C26H33F4N5O3. The highest BCUT2D eigenvalue weighted by Crippen LogP contribution is 2.35. The lowest BCUT2D eigenvalue weighted by molar-refractivity contribution is -0.145. The summed E-state index contributed by atoms with van der Waals surface area (Å²) in [6, 6.07) is 7.83. The number of rotatable bonds is 11. The topological polar surface area (TPSA) is 107 Å². The first-order chi connectivity index (χ1) is 18.1. The summed E-state index contributed by atoms with van der Waals surface area (Å²) < 4.78 is 59.1. The van der Waals surface area contributed by atoms with E-state index in [4.69, 9.17) is 10.5 Å². The summed E-state index contributed by atoms with van der Waals surface area (Å²) in [7, 11) is 1.96. The molecule has 1 heterocycles. The minimum absolute atomic E-state index is 0.0192. The van der Waals surface area contributed by atoms with Crippen molar-refractivity contribution < 1.29 is 32.2 Å². The van der Waals surface area contributed by atoms with E-state index in [9.17, 15) is 27.5 Å². The fraction of sp³-hybridized carbons (Fsp3) is 0.423. The van der Waals surface area contributed by atoms with Crippen LogP contribution in [0.5, 0.6) is 0 Å². The lowest BCUT2D eigenvalue weighted by atomic mass is 9.95. The van der Waals surface area contributed by atoms with E-state index in [0.29, 0.717) is 19.2 Å². The zero-order chi connectivity index (χ0) is 28.5. The summed E-state index contributed by atoms with van der Waals surface area (Å²) in [6.07, 6.45) is 0.422. The average molecular weight is 540 g/mol. The largest absolute Gasteiger partial charge is 0.387 e. The second-order valence-electron chi connectivity index (χ2n) is 8.80. The van der Waals surface area contributed by atoms with Crippen LogP contribution in [0.4, 0.5) is 17.6 Å². The molecule has 2 aromatic carbocycles. The molecule has 0 saturated heterocycles. The number of hydrogen-bond acceptors (Lipinski definition) is 6. The lowest BCUT2D eigenvalue weighted by Crippen LogP contribution is -2.49. The Kier molecular flexibility index (Phi) is 11.4. The van der Waals surface area contributed by atoms with Crippen molar-refractivity contribution >= 4 is 5.91 Å². The number of hydrogen-bond donors (Lipinski definition) is 2. The monoisotopic (exact) mass is 539 g/mol. The van der Waals surface area contributed by atoms with Crippen molar-refractivity contribution in [3.63, 3.8) is 0 Å². The third kappa shape index (κ3) is 7.36. The van der Waals surface area contributed by atoms with Crippen molar-refractivity contribution in [2.75, 3.05) is 34.0 Å². The number of aliphatic hydroxyl groups excluding tert-OH is 1. The molecule has 0 aliphatic heterocycles. The van der Waals surface area contributed by atoms with Crippen LogP contribution in [0.25, 0.3) is 11.4 Å². The van der Waals surface area contributed by atoms with E-state index in [1.54, 1.807) is 19.9 Å². The zero-order valence-electron chi connectivity index (χ0n) is 21.8. The number of methoxy groups -OCH3 is 1. The number of benzene rings is 2. The van der Waals surface area contributed by atoms with Gasteiger partial charge in [0.1, 0.15) is 30.1 Å². The number of aromatic nitrogens is 3. The van der Waals surface area contributed by atoms with Gasteiger partial charge in [-0.05, 0) is 62.7 Å². The van der Waals surface area contributed by atoms with E-state index < -0.39 is 41.6 Å². The van der Waals surface area contributed by atoms with Crippen LogP contribution in [0.3, 0.4) is 0 Å². The maximum atomic E-state index is 14.6. The van der Waals surface area contributed by atoms with Crippen LogP contribution in [0.1, 0.15) is 37.7 Å². The van der Waals surface area contributed by atoms with Crippen LogP contribution < -0.4 is 5.73 Å². The lowest BCUT2D eigenvalue weighted by Gasteiger charge is -2.40. The number of ether oxygens (including phenoxy) is 1. The van der Waals surface area contributed by atoms with Crippen LogP contribution in [0.2, 0.25) is 0 Å². The Morgan fingerprint density at radius 2 is 1.84 bits per heavy atom. The Morgan fingerprint density at radius 1 is 1.16 bits per heavy atom. The normalized spacial score (nSPS) is 12.1. The molecule has 38 heavy (non-hydrogen) atoms. The molecule has 0 saturated carbocycles. The molecule has 3 rings (SSSR count). The highest BCUT2D eigenvalue weighted by Gasteiger charge is 2.41. The molecule has 0 radical (unpaired) electrons. The SMILES string of the molecule is CF.COC(C)(C)C(c1nc(-c2cc(F)ccc2F)nn1Cc1cccc(F)c1)N(CCCN)C(=O)CO. The minimum Gasteiger partial charge on any atom is -0.387 e. The van der Waals surface area contributed by atoms with Gasteiger partial charge in [-0.15, -0.1) is 0 Å². The van der Waals surface area contributed by atoms with Gasteiger partial charge in [-0.3, -0.25) is 9.18 Å². The Bertz CT molecular complexity index is 1210. The van der Waals surface area contributed by atoms with Crippen LogP contribution in [-0.4, -0.2) is 70.3 Å². The molecule has 0 spiro atoms. The molecule has 3 aromatic rings. The van der Waals surface area contributed by atoms with E-state index in [2.05, 4.69) is 10.1 Å². The van der Waals surface area contributed by atoms with E-state index >= 15 is 0 Å². The molecule has 1 unspecified atom stereocenters. The molecule has 0 aliphatic rings. The van der Waals surface area contributed by atoms with Gasteiger partial charge in [-0.1, -0.05) is 12.1 Å². The highest BCUT2D eigenvalue weighted by molar-refractivity contribution is 5.77. The Morgan fingerprint density at radius 3 is 2.45 bits per heavy atom. The Hall–Kier alpha value is -3.35. The number of halogens is 4. The smallest absolute Gasteiger partial charge is 0.249 e. The van der Waals surface area contributed by atoms with Crippen molar-refractivity contribution in [2.24, 2.45) is 5.73 Å². The summed E-state index contributed by atoms with van der Waals surface area (Å²) in [6.45, 7) is 3.15. The zero-order valence-corrected chi connectivity index (χ0v) is 21.8. The predicted molar refractivity (Wildman–Crippen MR) is 134 cm³/mol. The second kappa shape index (κ2) is 14.0. The molecule has 0 aliphatic carbocycles. The number of aliphatic hydroxyl groups is 1. The molecule has 1 amide bonds. The summed E-state index contributed by atoms with van der Waals surface area (Å²) in [4.78, 5) is 18.8. The molecule has 1 atom stereocenters. The first-order valence-electron chi connectivity index (χ1n) is 11.8. The number of amides is 1. The number of carbonyl (C=O) groups is 1. The number of nitrogens with two attached hydrogens (primary N) is 1. The number of nitrogens with zero attached hydrogens (tertiary/aromatic N) is 4. The van der Waals surface area contributed by atoms with Gasteiger partial charge in [0.25, 0.3) is 0 Å². The molecule has 0 bridgehead atoms. The van der Waals surface area contributed by atoms with Crippen molar-refractivity contribution in [3.05, 3.63) is 71.3 Å². The first kappa shape index (κ1) is 30.9. The molecule has 0 fully saturated rings. The van der Waals surface area contributed by atoms with Gasteiger partial charge in [0.15, 0.2) is 11.6 Å². The first-order valence-corrected chi connectivity index (χ1v) is 11.8. The van der Waals surface area contributed by atoms with Gasteiger partial charge in [-0.2, -0.15) is 5.10 Å². The van der Waals surface area contributed by atoms with Crippen molar-refractivity contribution in [3.8, 4) is 11.4 Å². The van der Waals surface area contributed by atoms with E-state index in [1.807, 2.05) is 0 Å². The van der Waals surface area contributed by atoms with Crippen LogP contribution in [0, 0.1) is 17.5 Å². The van der Waals surface area contributed by atoms with Crippen molar-refractivity contribution in [2.45, 2.75) is 38.5 Å². The average Bonchev–Trinajstić information content (AvgIpc) is 3.30. The predicted octanol–water partition coefficient (Wildman–Crippen LogP) is 3.63. The Balaban J connectivity index is 0.00000247. The van der Waals surface area contributed by atoms with Crippen molar-refractivity contribution in [1.29, 1.82) is 0 Å². The third-order valence-corrected chi connectivity index (χ3v) is 5.89. The summed E-state index contributed by atoms with van der Waals surface area (Å²) in [5.41, 5.74) is 4.97. The van der Waals surface area contributed by atoms with Gasteiger partial charge >= 0.3 is 0 Å². The molecule has 12 heteroatoms. The summed E-state index contributed by atoms with van der Waals surface area (Å²) in [5.74, 6) is -2.41. The van der Waals surface area contributed by atoms with Gasteiger partial charge < -0.3 is 20.5 Å². The highest BCUT2D eigenvalue weighted by atomic mass is 19.1. The fourth-order valence-corrected chi connectivity index (χ4v) is 3.95. The standard InChI is InChI=1S/C25H30F3N5O3.CH3F/c1-25(2,36-3)22(32(11-5-10-29)21(35)15-34)24-30-23(19-13-18(27)8-9-20(19)28)31-33(24)14-16-6-4-7-17(26)12-16;1-2/h4,6-9,12-13,22,34H,5,10-11,14-15,29H2,1-3H3;1H3. The third-order valence-electron chi connectivity index (χ3n) is 5.89. The number of alkyl halides is 1. The molecule has 208 valence electrons. The molecule has 1 aromatic heterocycles. The van der Waals surface area contributed by atoms with Crippen LogP contribution >= 0.6 is 0 Å². The quantitative estimate of drug-likeness (QED) is 0.361. The fourth-order valence-electron chi connectivity index (χ4n) is 3.95. The molecular weight excluding hydrogens is 506 g/mol. The van der Waals surface area contributed by atoms with Crippen LogP contribution in [0.15, 0.2) is 42.5 Å². The van der Waals surface area contributed by atoms with Crippen molar-refractivity contribution in [1.82, 2.24) is 19.7 Å². The Labute approximate surface area is 219 Å².